The van der Waals surface area contributed by atoms with Crippen LogP contribution in [0.3, 0.4) is 0 Å². The number of nitrogens with two attached hydrogens (primary N) is 1. The summed E-state index contributed by atoms with van der Waals surface area (Å²) in [6.07, 6.45) is 0. The SMILES string of the molecule is CN(CCS)S(=O)(=O)c1ccc(CN)cc1. The molecule has 0 aliphatic carbocycles. The molecule has 2 N–H and O–H groups in total. The van der Waals surface area contributed by atoms with Gasteiger partial charge in [0.15, 0.2) is 0 Å². The molecule has 0 aromatic heterocycles. The Kier molecular flexibility index (Phi) is 4.79. The second kappa shape index (κ2) is 5.67. The zero-order valence-corrected chi connectivity index (χ0v) is 10.8. The van der Waals surface area contributed by atoms with Gasteiger partial charge in [-0.3, -0.25) is 0 Å². The lowest BCUT2D eigenvalue weighted by Crippen LogP contribution is -2.28. The van der Waals surface area contributed by atoms with E-state index in [1.165, 1.54) is 4.31 Å². The summed E-state index contributed by atoms with van der Waals surface area (Å²) in [5, 5.41) is 0. The molecule has 0 spiro atoms. The van der Waals surface area contributed by atoms with E-state index in [9.17, 15) is 8.42 Å². The van der Waals surface area contributed by atoms with E-state index in [-0.39, 0.29) is 4.90 Å². The molecule has 0 unspecified atom stereocenters. The van der Waals surface area contributed by atoms with E-state index in [0.29, 0.717) is 18.8 Å². The van der Waals surface area contributed by atoms with E-state index in [1.807, 2.05) is 0 Å². The second-order valence-corrected chi connectivity index (χ2v) is 5.89. The summed E-state index contributed by atoms with van der Waals surface area (Å²) in [6, 6.07) is 6.60. The maximum Gasteiger partial charge on any atom is 0.242 e. The number of hydrogen-bond donors (Lipinski definition) is 2. The first-order chi connectivity index (χ1) is 7.52. The fourth-order valence-corrected chi connectivity index (χ4v) is 2.85. The molecule has 0 amide bonds. The van der Waals surface area contributed by atoms with Crippen molar-refractivity contribution >= 4 is 22.7 Å². The Morgan fingerprint density at radius 2 is 1.88 bits per heavy atom. The van der Waals surface area contributed by atoms with Crippen LogP contribution in [0.4, 0.5) is 0 Å². The average molecular weight is 260 g/mol. The lowest BCUT2D eigenvalue weighted by molar-refractivity contribution is 0.489. The van der Waals surface area contributed by atoms with Crippen LogP contribution in [0.5, 0.6) is 0 Å². The van der Waals surface area contributed by atoms with Gasteiger partial charge in [0.2, 0.25) is 10.0 Å². The van der Waals surface area contributed by atoms with Crippen molar-refractivity contribution in [1.29, 1.82) is 0 Å². The predicted octanol–water partition coefficient (Wildman–Crippen LogP) is 0.696. The van der Waals surface area contributed by atoms with Gasteiger partial charge in [-0.2, -0.15) is 12.6 Å². The van der Waals surface area contributed by atoms with Gasteiger partial charge < -0.3 is 5.73 Å². The lowest BCUT2D eigenvalue weighted by Gasteiger charge is -2.16. The van der Waals surface area contributed by atoms with Gasteiger partial charge in [-0.1, -0.05) is 12.1 Å². The number of hydrogen-bond acceptors (Lipinski definition) is 4. The molecule has 0 heterocycles. The Labute approximate surface area is 102 Å². The summed E-state index contributed by atoms with van der Waals surface area (Å²) in [5.74, 6) is 0.497. The lowest BCUT2D eigenvalue weighted by atomic mass is 10.2. The third kappa shape index (κ3) is 2.98. The van der Waals surface area contributed by atoms with E-state index in [2.05, 4.69) is 12.6 Å². The quantitative estimate of drug-likeness (QED) is 0.766. The fourth-order valence-electron chi connectivity index (χ4n) is 1.24. The van der Waals surface area contributed by atoms with Crippen molar-refractivity contribution in [2.45, 2.75) is 11.4 Å². The molecule has 0 atom stereocenters. The van der Waals surface area contributed by atoms with E-state index in [0.717, 1.165) is 5.56 Å². The average Bonchev–Trinajstić information content (AvgIpc) is 2.29. The molecule has 0 fully saturated rings. The van der Waals surface area contributed by atoms with Crippen molar-refractivity contribution in [3.8, 4) is 0 Å². The van der Waals surface area contributed by atoms with Gasteiger partial charge in [-0.15, -0.1) is 0 Å². The van der Waals surface area contributed by atoms with Crippen LogP contribution in [0.1, 0.15) is 5.56 Å². The van der Waals surface area contributed by atoms with Gasteiger partial charge >= 0.3 is 0 Å². The standard InChI is InChI=1S/C10H16N2O2S2/c1-12(6-7-15)16(13,14)10-4-2-9(8-11)3-5-10/h2-5,15H,6-8,11H2,1H3. The molecule has 1 aromatic carbocycles. The van der Waals surface area contributed by atoms with Crippen LogP contribution in [0.15, 0.2) is 29.2 Å². The molecule has 0 radical (unpaired) electrons. The highest BCUT2D eigenvalue weighted by Crippen LogP contribution is 2.14. The Bertz CT molecular complexity index is 429. The number of benzene rings is 1. The Morgan fingerprint density at radius 3 is 2.31 bits per heavy atom. The Balaban J connectivity index is 2.98. The molecule has 6 heteroatoms. The van der Waals surface area contributed by atoms with Gasteiger partial charge in [0.05, 0.1) is 4.90 Å². The second-order valence-electron chi connectivity index (χ2n) is 3.40. The minimum absolute atomic E-state index is 0.286. The highest BCUT2D eigenvalue weighted by atomic mass is 32.2. The summed E-state index contributed by atoms with van der Waals surface area (Å²) in [5.41, 5.74) is 6.36. The van der Waals surface area contributed by atoms with Crippen molar-refractivity contribution in [3.63, 3.8) is 0 Å². The van der Waals surface area contributed by atoms with E-state index >= 15 is 0 Å². The van der Waals surface area contributed by atoms with Gasteiger partial charge in [0.25, 0.3) is 0 Å². The normalized spacial score (nSPS) is 12.0. The fraction of sp³-hybridized carbons (Fsp3) is 0.400. The molecular formula is C10H16N2O2S2. The van der Waals surface area contributed by atoms with Gasteiger partial charge in [0.1, 0.15) is 0 Å². The molecular weight excluding hydrogens is 244 g/mol. The molecule has 0 aliphatic heterocycles. The van der Waals surface area contributed by atoms with E-state index in [1.54, 1.807) is 31.3 Å². The number of sulfonamides is 1. The number of nitrogens with zero attached hydrogens (tertiary/aromatic N) is 1. The van der Waals surface area contributed by atoms with E-state index in [4.69, 9.17) is 5.73 Å². The first kappa shape index (κ1) is 13.5. The molecule has 1 aromatic rings. The highest BCUT2D eigenvalue weighted by molar-refractivity contribution is 7.89. The van der Waals surface area contributed by atoms with Crippen molar-refractivity contribution in [2.24, 2.45) is 5.73 Å². The number of rotatable bonds is 5. The highest BCUT2D eigenvalue weighted by Gasteiger charge is 2.19. The minimum Gasteiger partial charge on any atom is -0.326 e. The summed E-state index contributed by atoms with van der Waals surface area (Å²) < 4.78 is 25.3. The molecule has 0 bridgehead atoms. The molecule has 4 nitrogen and oxygen atoms in total. The van der Waals surface area contributed by atoms with Crippen LogP contribution in [0, 0.1) is 0 Å². The van der Waals surface area contributed by atoms with Crippen LogP contribution in [0.25, 0.3) is 0 Å². The predicted molar refractivity (Wildman–Crippen MR) is 68.0 cm³/mol. The first-order valence-corrected chi connectivity index (χ1v) is 6.96. The van der Waals surface area contributed by atoms with Crippen molar-refractivity contribution in [2.75, 3.05) is 19.3 Å². The van der Waals surface area contributed by atoms with Crippen LogP contribution in [0.2, 0.25) is 0 Å². The molecule has 0 saturated carbocycles. The molecule has 0 saturated heterocycles. The zero-order chi connectivity index (χ0) is 12.2. The summed E-state index contributed by atoms with van der Waals surface area (Å²) in [6.45, 7) is 0.802. The monoisotopic (exact) mass is 260 g/mol. The molecule has 0 aliphatic rings. The maximum atomic E-state index is 12.0. The largest absolute Gasteiger partial charge is 0.326 e. The van der Waals surface area contributed by atoms with Crippen molar-refractivity contribution in [3.05, 3.63) is 29.8 Å². The minimum atomic E-state index is -3.38. The van der Waals surface area contributed by atoms with Gasteiger partial charge in [0, 0.05) is 25.9 Å². The maximum absolute atomic E-state index is 12.0. The first-order valence-electron chi connectivity index (χ1n) is 4.88. The van der Waals surface area contributed by atoms with Crippen LogP contribution >= 0.6 is 12.6 Å². The van der Waals surface area contributed by atoms with Crippen molar-refractivity contribution < 1.29 is 8.42 Å². The van der Waals surface area contributed by atoms with Crippen LogP contribution in [-0.2, 0) is 16.6 Å². The topological polar surface area (TPSA) is 63.4 Å². The smallest absolute Gasteiger partial charge is 0.242 e. The van der Waals surface area contributed by atoms with Crippen LogP contribution < -0.4 is 5.73 Å². The van der Waals surface area contributed by atoms with Crippen molar-refractivity contribution in [1.82, 2.24) is 4.31 Å². The van der Waals surface area contributed by atoms with Gasteiger partial charge in [-0.25, -0.2) is 12.7 Å². The van der Waals surface area contributed by atoms with E-state index < -0.39 is 10.0 Å². The molecule has 90 valence electrons. The van der Waals surface area contributed by atoms with Gasteiger partial charge in [-0.05, 0) is 17.7 Å². The molecule has 16 heavy (non-hydrogen) atoms. The Hall–Kier alpha value is -0.560. The summed E-state index contributed by atoms with van der Waals surface area (Å²) in [7, 11) is -1.84. The zero-order valence-electron chi connectivity index (χ0n) is 9.13. The summed E-state index contributed by atoms with van der Waals surface area (Å²) in [4.78, 5) is 0.286. The third-order valence-corrected chi connectivity index (χ3v) is 4.35. The Morgan fingerprint density at radius 1 is 1.31 bits per heavy atom. The number of thiol groups is 1. The molecule has 1 rings (SSSR count). The summed E-state index contributed by atoms with van der Waals surface area (Å²) >= 11 is 4.01. The third-order valence-electron chi connectivity index (χ3n) is 2.28. The van der Waals surface area contributed by atoms with Crippen LogP contribution in [-0.4, -0.2) is 32.1 Å².